The van der Waals surface area contributed by atoms with Crippen LogP contribution in [0.15, 0.2) is 66.7 Å². The number of hydrogen-bond donors (Lipinski definition) is 4. The topological polar surface area (TPSA) is 128 Å². The molecule has 1 aliphatic heterocycles. The summed E-state index contributed by atoms with van der Waals surface area (Å²) in [5, 5.41) is 27.7. The van der Waals surface area contributed by atoms with Gasteiger partial charge in [-0.2, -0.15) is 0 Å². The van der Waals surface area contributed by atoms with Crippen molar-refractivity contribution in [1.82, 2.24) is 15.5 Å². The Kier molecular flexibility index (Phi) is 10.2. The fraction of sp³-hybridized carbons (Fsp3) is 0.344. The molecule has 0 radical (unpaired) electrons. The van der Waals surface area contributed by atoms with E-state index in [1.165, 1.54) is 18.1 Å². The predicted molar refractivity (Wildman–Crippen MR) is 159 cm³/mol. The van der Waals surface area contributed by atoms with Gasteiger partial charge in [-0.3, -0.25) is 14.4 Å². The molecule has 0 saturated carbocycles. The largest absolute Gasteiger partial charge is 0.508 e. The Morgan fingerprint density at radius 3 is 2.45 bits per heavy atom. The Balaban J connectivity index is 1.55. The zero-order chi connectivity index (χ0) is 30.4. The maximum atomic E-state index is 13.8. The monoisotopic (exact) mass is 593 g/mol. The van der Waals surface area contributed by atoms with Crippen molar-refractivity contribution in [3.05, 3.63) is 99.6 Å². The molecule has 4 N–H and O–H groups in total. The number of rotatable bonds is 10. The predicted octanol–water partition coefficient (Wildman–Crippen LogP) is 3.30. The molecule has 10 heteroatoms. The van der Waals surface area contributed by atoms with Crippen molar-refractivity contribution >= 4 is 29.3 Å². The molecule has 222 valence electrons. The van der Waals surface area contributed by atoms with Crippen LogP contribution in [0.3, 0.4) is 0 Å². The highest BCUT2D eigenvalue weighted by molar-refractivity contribution is 6.31. The molecule has 3 aromatic rings. The van der Waals surface area contributed by atoms with Gasteiger partial charge in [-0.15, -0.1) is 0 Å². The summed E-state index contributed by atoms with van der Waals surface area (Å²) in [6.07, 6.45) is -1.67. The quantitative estimate of drug-likeness (QED) is 0.286. The van der Waals surface area contributed by atoms with Crippen LogP contribution in [0.2, 0.25) is 5.02 Å². The van der Waals surface area contributed by atoms with Gasteiger partial charge in [-0.1, -0.05) is 60.1 Å². The number of benzene rings is 3. The lowest BCUT2D eigenvalue weighted by Crippen LogP contribution is -2.55. The number of hydrogen-bond acceptors (Lipinski definition) is 6. The Bertz CT molecular complexity index is 1410. The van der Waals surface area contributed by atoms with E-state index < -0.39 is 42.0 Å². The number of amides is 3. The van der Waals surface area contributed by atoms with E-state index >= 15 is 0 Å². The molecule has 3 amide bonds. The number of ether oxygens (including phenoxy) is 1. The SMILES string of the molecule is COC1CC(C(=O)NCc2c(C)cccc2Cl)N(C(=O)C(O)C(Cc2ccccc2)NC(=O)c2cccc(O)c2C)C1. The lowest BCUT2D eigenvalue weighted by molar-refractivity contribution is -0.146. The number of likely N-dealkylation sites (tertiary alicyclic amines) is 1. The normalized spacial score (nSPS) is 17.9. The van der Waals surface area contributed by atoms with Crippen LogP contribution >= 0.6 is 11.6 Å². The fourth-order valence-corrected chi connectivity index (χ4v) is 5.50. The molecular formula is C32H36ClN3O6. The van der Waals surface area contributed by atoms with Crippen molar-refractivity contribution in [1.29, 1.82) is 0 Å². The molecule has 1 heterocycles. The van der Waals surface area contributed by atoms with Crippen molar-refractivity contribution in [3.63, 3.8) is 0 Å². The minimum Gasteiger partial charge on any atom is -0.508 e. The Morgan fingerprint density at radius 1 is 1.05 bits per heavy atom. The van der Waals surface area contributed by atoms with E-state index in [0.29, 0.717) is 10.6 Å². The molecule has 1 fully saturated rings. The van der Waals surface area contributed by atoms with Crippen LogP contribution in [0.25, 0.3) is 0 Å². The van der Waals surface area contributed by atoms with Crippen molar-refractivity contribution in [2.45, 2.75) is 57.5 Å². The second-order valence-electron chi connectivity index (χ2n) is 10.5. The number of aliphatic hydroxyl groups excluding tert-OH is 1. The molecule has 3 aromatic carbocycles. The van der Waals surface area contributed by atoms with Crippen LogP contribution in [0.5, 0.6) is 5.75 Å². The van der Waals surface area contributed by atoms with E-state index in [-0.39, 0.29) is 37.2 Å². The number of nitrogens with one attached hydrogen (secondary N) is 2. The molecule has 42 heavy (non-hydrogen) atoms. The van der Waals surface area contributed by atoms with Gasteiger partial charge < -0.3 is 30.5 Å². The zero-order valence-corrected chi connectivity index (χ0v) is 24.6. The summed E-state index contributed by atoms with van der Waals surface area (Å²) < 4.78 is 5.49. The highest BCUT2D eigenvalue weighted by atomic mass is 35.5. The summed E-state index contributed by atoms with van der Waals surface area (Å²) in [7, 11) is 1.51. The van der Waals surface area contributed by atoms with Crippen LogP contribution in [-0.4, -0.2) is 70.8 Å². The number of aryl methyl sites for hydroxylation is 1. The van der Waals surface area contributed by atoms with Gasteiger partial charge >= 0.3 is 0 Å². The molecule has 4 atom stereocenters. The Hall–Kier alpha value is -3.92. The van der Waals surface area contributed by atoms with Gasteiger partial charge in [0, 0.05) is 42.8 Å². The fourth-order valence-electron chi connectivity index (χ4n) is 5.21. The summed E-state index contributed by atoms with van der Waals surface area (Å²) in [4.78, 5) is 41.7. The minimum absolute atomic E-state index is 0.0394. The molecule has 0 aromatic heterocycles. The number of phenols is 1. The summed E-state index contributed by atoms with van der Waals surface area (Å²) in [5.41, 5.74) is 3.10. The number of aliphatic hydroxyl groups is 1. The van der Waals surface area contributed by atoms with Gasteiger partial charge in [0.2, 0.25) is 5.91 Å². The van der Waals surface area contributed by atoms with Crippen LogP contribution in [0, 0.1) is 13.8 Å². The first-order chi connectivity index (χ1) is 20.1. The number of aromatic hydroxyl groups is 1. The molecular weight excluding hydrogens is 558 g/mol. The lowest BCUT2D eigenvalue weighted by Gasteiger charge is -2.30. The third kappa shape index (κ3) is 7.10. The van der Waals surface area contributed by atoms with E-state index in [2.05, 4.69) is 10.6 Å². The van der Waals surface area contributed by atoms with Crippen molar-refractivity contribution < 1.29 is 29.3 Å². The van der Waals surface area contributed by atoms with Crippen molar-refractivity contribution in [2.75, 3.05) is 13.7 Å². The lowest BCUT2D eigenvalue weighted by atomic mass is 9.98. The van der Waals surface area contributed by atoms with E-state index in [9.17, 15) is 24.6 Å². The van der Waals surface area contributed by atoms with Gasteiger partial charge in [0.15, 0.2) is 6.10 Å². The molecule has 4 rings (SSSR count). The van der Waals surface area contributed by atoms with E-state index in [1.807, 2.05) is 49.4 Å². The number of carbonyl (C=O) groups is 3. The maximum absolute atomic E-state index is 13.8. The summed E-state index contributed by atoms with van der Waals surface area (Å²) >= 11 is 6.33. The standard InChI is InChI=1S/C32H36ClN3O6/c1-19-9-7-13-25(33)24(19)17-34-31(40)27-16-22(42-3)18-36(27)32(41)29(38)26(15-21-10-5-4-6-11-21)35-30(39)23-12-8-14-28(37)20(23)2/h4-14,22,26-27,29,37-38H,15-18H2,1-3H3,(H,34,40)(H,35,39). The van der Waals surface area contributed by atoms with Crippen LogP contribution in [0.4, 0.5) is 0 Å². The number of methoxy groups -OCH3 is 1. The summed E-state index contributed by atoms with van der Waals surface area (Å²) in [6.45, 7) is 3.79. The Labute approximate surface area is 250 Å². The summed E-state index contributed by atoms with van der Waals surface area (Å²) in [6, 6.07) is 17.3. The number of halogens is 1. The first-order valence-corrected chi connectivity index (χ1v) is 14.1. The highest BCUT2D eigenvalue weighted by Gasteiger charge is 2.43. The molecule has 0 bridgehead atoms. The minimum atomic E-state index is -1.66. The van der Waals surface area contributed by atoms with Crippen molar-refractivity contribution in [3.8, 4) is 5.75 Å². The summed E-state index contributed by atoms with van der Waals surface area (Å²) in [5.74, 6) is -1.68. The van der Waals surface area contributed by atoms with Crippen LogP contribution in [-0.2, 0) is 27.3 Å². The highest BCUT2D eigenvalue weighted by Crippen LogP contribution is 2.25. The van der Waals surface area contributed by atoms with Gasteiger partial charge in [-0.05, 0) is 55.2 Å². The second kappa shape index (κ2) is 13.8. The number of nitrogens with zero attached hydrogens (tertiary/aromatic N) is 1. The van der Waals surface area contributed by atoms with Gasteiger partial charge in [0.25, 0.3) is 11.8 Å². The van der Waals surface area contributed by atoms with Gasteiger partial charge in [0.1, 0.15) is 11.8 Å². The molecule has 0 spiro atoms. The van der Waals surface area contributed by atoms with Gasteiger partial charge in [-0.25, -0.2) is 0 Å². The smallest absolute Gasteiger partial charge is 0.254 e. The molecule has 1 aliphatic rings. The first kappa shape index (κ1) is 31.0. The molecule has 4 unspecified atom stereocenters. The van der Waals surface area contributed by atoms with Crippen LogP contribution in [0.1, 0.15) is 39.0 Å². The van der Waals surface area contributed by atoms with E-state index in [1.54, 1.807) is 25.1 Å². The zero-order valence-electron chi connectivity index (χ0n) is 23.8. The third-order valence-corrected chi connectivity index (χ3v) is 8.13. The maximum Gasteiger partial charge on any atom is 0.254 e. The number of phenolic OH excluding ortho intramolecular Hbond substituents is 1. The van der Waals surface area contributed by atoms with E-state index in [0.717, 1.165) is 16.7 Å². The Morgan fingerprint density at radius 2 is 1.76 bits per heavy atom. The van der Waals surface area contributed by atoms with Crippen molar-refractivity contribution in [2.24, 2.45) is 0 Å². The first-order valence-electron chi connectivity index (χ1n) is 13.8. The average molecular weight is 594 g/mol. The molecule has 9 nitrogen and oxygen atoms in total. The second-order valence-corrected chi connectivity index (χ2v) is 10.9. The average Bonchev–Trinajstić information content (AvgIpc) is 3.42. The van der Waals surface area contributed by atoms with Crippen LogP contribution < -0.4 is 10.6 Å². The van der Waals surface area contributed by atoms with Gasteiger partial charge in [0.05, 0.1) is 12.1 Å². The molecule has 0 aliphatic carbocycles. The van der Waals surface area contributed by atoms with E-state index in [4.69, 9.17) is 16.3 Å². The number of carbonyl (C=O) groups excluding carboxylic acids is 3. The molecule has 1 saturated heterocycles. The third-order valence-electron chi connectivity index (χ3n) is 7.77.